The summed E-state index contributed by atoms with van der Waals surface area (Å²) >= 11 is 1.66. The van der Waals surface area contributed by atoms with Crippen molar-refractivity contribution in [1.82, 2.24) is 4.98 Å². The van der Waals surface area contributed by atoms with E-state index in [2.05, 4.69) is 16.4 Å². The molecule has 0 amide bonds. The minimum atomic E-state index is 0.546. The summed E-state index contributed by atoms with van der Waals surface area (Å²) in [5.74, 6) is 0.595. The molecule has 0 unspecified atom stereocenters. The van der Waals surface area contributed by atoms with Crippen molar-refractivity contribution in [1.29, 1.82) is 5.26 Å². The number of pyridine rings is 1. The summed E-state index contributed by atoms with van der Waals surface area (Å²) < 4.78 is 0. The molecule has 2 aromatic carbocycles. The number of anilines is 2. The normalized spacial score (nSPS) is 10.3. The lowest BCUT2D eigenvalue weighted by Crippen LogP contribution is -1.98. The third-order valence-electron chi connectivity index (χ3n) is 3.20. The maximum absolute atomic E-state index is 9.35. The van der Waals surface area contributed by atoms with E-state index in [9.17, 15) is 5.26 Å². The summed E-state index contributed by atoms with van der Waals surface area (Å²) in [6.07, 6.45) is 2.03. The Morgan fingerprint density at radius 1 is 1.10 bits per heavy atom. The number of fused-ring (bicyclic) bond motifs is 1. The van der Waals surface area contributed by atoms with Crippen LogP contribution >= 0.6 is 11.8 Å². The van der Waals surface area contributed by atoms with E-state index in [0.717, 1.165) is 21.5 Å². The van der Waals surface area contributed by atoms with Crippen LogP contribution in [0.15, 0.2) is 59.5 Å². The lowest BCUT2D eigenvalue weighted by Gasteiger charge is -2.11. The molecule has 0 saturated carbocycles. The van der Waals surface area contributed by atoms with E-state index < -0.39 is 0 Å². The molecule has 1 heterocycles. The molecule has 0 fully saturated rings. The Morgan fingerprint density at radius 2 is 1.86 bits per heavy atom. The van der Waals surface area contributed by atoms with Gasteiger partial charge < -0.3 is 5.32 Å². The second-order valence-corrected chi connectivity index (χ2v) is 5.36. The van der Waals surface area contributed by atoms with Gasteiger partial charge in [0.1, 0.15) is 11.9 Å². The summed E-state index contributed by atoms with van der Waals surface area (Å²) in [6.45, 7) is 0. The zero-order valence-electron chi connectivity index (χ0n) is 11.5. The van der Waals surface area contributed by atoms with Crippen molar-refractivity contribution < 1.29 is 0 Å². The highest BCUT2D eigenvalue weighted by atomic mass is 32.2. The molecule has 0 aliphatic rings. The van der Waals surface area contributed by atoms with E-state index in [-0.39, 0.29) is 0 Å². The summed E-state index contributed by atoms with van der Waals surface area (Å²) in [5, 5.41) is 13.6. The van der Waals surface area contributed by atoms with Gasteiger partial charge >= 0.3 is 0 Å². The van der Waals surface area contributed by atoms with E-state index in [1.54, 1.807) is 11.8 Å². The summed E-state index contributed by atoms with van der Waals surface area (Å²) in [4.78, 5) is 5.70. The van der Waals surface area contributed by atoms with Crippen LogP contribution in [-0.2, 0) is 0 Å². The lowest BCUT2D eigenvalue weighted by atomic mass is 10.1. The summed E-state index contributed by atoms with van der Waals surface area (Å²) in [7, 11) is 0. The predicted octanol–water partition coefficient (Wildman–Crippen LogP) is 4.57. The molecule has 0 aliphatic carbocycles. The van der Waals surface area contributed by atoms with Crippen LogP contribution in [0.4, 0.5) is 11.5 Å². The first-order valence-electron chi connectivity index (χ1n) is 6.52. The number of nitrogens with one attached hydrogen (secondary N) is 1. The number of aromatic nitrogens is 1. The SMILES string of the molecule is CSc1ccccc1Nc1nc2ccccc2cc1C#N. The van der Waals surface area contributed by atoms with Gasteiger partial charge in [-0.05, 0) is 30.5 Å². The molecule has 1 aromatic heterocycles. The van der Waals surface area contributed by atoms with Gasteiger partial charge in [-0.2, -0.15) is 5.26 Å². The van der Waals surface area contributed by atoms with Gasteiger partial charge in [0.15, 0.2) is 0 Å². The first-order chi connectivity index (χ1) is 10.3. The number of nitrogens with zero attached hydrogens (tertiary/aromatic N) is 2. The molecule has 3 nitrogen and oxygen atoms in total. The first kappa shape index (κ1) is 13.5. The second kappa shape index (κ2) is 5.86. The van der Waals surface area contributed by atoms with Gasteiger partial charge in [0.25, 0.3) is 0 Å². The maximum atomic E-state index is 9.35. The van der Waals surface area contributed by atoms with Gasteiger partial charge in [-0.3, -0.25) is 0 Å². The fourth-order valence-electron chi connectivity index (χ4n) is 2.17. The average Bonchev–Trinajstić information content (AvgIpc) is 2.54. The van der Waals surface area contributed by atoms with Gasteiger partial charge in [0.2, 0.25) is 0 Å². The van der Waals surface area contributed by atoms with E-state index >= 15 is 0 Å². The van der Waals surface area contributed by atoms with Crippen molar-refractivity contribution >= 4 is 34.2 Å². The van der Waals surface area contributed by atoms with Gasteiger partial charge in [-0.25, -0.2) is 4.98 Å². The molecule has 1 N–H and O–H groups in total. The molecule has 4 heteroatoms. The lowest BCUT2D eigenvalue weighted by molar-refractivity contribution is 1.31. The highest BCUT2D eigenvalue weighted by Gasteiger charge is 2.08. The first-order valence-corrected chi connectivity index (χ1v) is 7.74. The van der Waals surface area contributed by atoms with Crippen LogP contribution in [0, 0.1) is 11.3 Å². The van der Waals surface area contributed by atoms with Crippen molar-refractivity contribution in [3.05, 3.63) is 60.2 Å². The zero-order chi connectivity index (χ0) is 14.7. The molecule has 0 spiro atoms. The Balaban J connectivity index is 2.09. The van der Waals surface area contributed by atoms with Crippen molar-refractivity contribution in [2.24, 2.45) is 0 Å². The quantitative estimate of drug-likeness (QED) is 0.718. The smallest absolute Gasteiger partial charge is 0.149 e. The minimum Gasteiger partial charge on any atom is -0.338 e. The van der Waals surface area contributed by atoms with E-state index in [4.69, 9.17) is 0 Å². The Morgan fingerprint density at radius 3 is 2.67 bits per heavy atom. The molecule has 0 bridgehead atoms. The van der Waals surface area contributed by atoms with E-state index in [0.29, 0.717) is 11.4 Å². The van der Waals surface area contributed by atoms with Crippen molar-refractivity contribution in [2.75, 3.05) is 11.6 Å². The van der Waals surface area contributed by atoms with Crippen LogP contribution in [0.5, 0.6) is 0 Å². The number of hydrogen-bond donors (Lipinski definition) is 1. The van der Waals surface area contributed by atoms with Gasteiger partial charge in [-0.15, -0.1) is 11.8 Å². The topological polar surface area (TPSA) is 48.7 Å². The zero-order valence-corrected chi connectivity index (χ0v) is 12.3. The standard InChI is InChI=1S/C17H13N3S/c1-21-16-9-5-4-8-15(16)20-17-13(11-18)10-12-6-2-3-7-14(12)19-17/h2-10H,1H3,(H,19,20). The Hall–Kier alpha value is -2.51. The molecule has 3 aromatic rings. The Bertz CT molecular complexity index is 837. The Kier molecular flexibility index (Phi) is 3.76. The molecule has 0 radical (unpaired) electrons. The average molecular weight is 291 g/mol. The third-order valence-corrected chi connectivity index (χ3v) is 4.00. The number of benzene rings is 2. The molecular weight excluding hydrogens is 278 g/mol. The van der Waals surface area contributed by atoms with Gasteiger partial charge in [0.05, 0.1) is 16.8 Å². The fourth-order valence-corrected chi connectivity index (χ4v) is 2.73. The minimum absolute atomic E-state index is 0.546. The molecule has 0 atom stereocenters. The third kappa shape index (κ3) is 2.69. The number of thioether (sulfide) groups is 1. The molecule has 21 heavy (non-hydrogen) atoms. The second-order valence-electron chi connectivity index (χ2n) is 4.51. The van der Waals surface area contributed by atoms with Crippen molar-refractivity contribution in [2.45, 2.75) is 4.90 Å². The fraction of sp³-hybridized carbons (Fsp3) is 0.0588. The van der Waals surface area contributed by atoms with Crippen molar-refractivity contribution in [3.63, 3.8) is 0 Å². The van der Waals surface area contributed by atoms with Crippen LogP contribution in [0.3, 0.4) is 0 Å². The Labute approximate surface area is 127 Å². The maximum Gasteiger partial charge on any atom is 0.149 e. The van der Waals surface area contributed by atoms with Gasteiger partial charge in [0, 0.05) is 10.3 Å². The highest BCUT2D eigenvalue weighted by molar-refractivity contribution is 7.98. The largest absolute Gasteiger partial charge is 0.338 e. The number of nitriles is 1. The summed E-state index contributed by atoms with van der Waals surface area (Å²) in [6, 6.07) is 19.9. The van der Waals surface area contributed by atoms with Crippen LogP contribution in [0.1, 0.15) is 5.56 Å². The van der Waals surface area contributed by atoms with Crippen LogP contribution < -0.4 is 5.32 Å². The number of para-hydroxylation sites is 2. The number of rotatable bonds is 3. The monoisotopic (exact) mass is 291 g/mol. The van der Waals surface area contributed by atoms with Gasteiger partial charge in [-0.1, -0.05) is 30.3 Å². The van der Waals surface area contributed by atoms with Crippen LogP contribution in [-0.4, -0.2) is 11.2 Å². The van der Waals surface area contributed by atoms with E-state index in [1.807, 2.05) is 60.9 Å². The molecule has 0 aliphatic heterocycles. The molecule has 102 valence electrons. The number of hydrogen-bond acceptors (Lipinski definition) is 4. The van der Waals surface area contributed by atoms with Crippen LogP contribution in [0.25, 0.3) is 10.9 Å². The molecule has 3 rings (SSSR count). The van der Waals surface area contributed by atoms with E-state index in [1.165, 1.54) is 0 Å². The van der Waals surface area contributed by atoms with Crippen molar-refractivity contribution in [3.8, 4) is 6.07 Å². The predicted molar refractivity (Wildman–Crippen MR) is 88.0 cm³/mol. The molecular formula is C17H13N3S. The summed E-state index contributed by atoms with van der Waals surface area (Å²) in [5.41, 5.74) is 2.38. The highest BCUT2D eigenvalue weighted by Crippen LogP contribution is 2.29. The molecule has 0 saturated heterocycles. The van der Waals surface area contributed by atoms with Crippen LogP contribution in [0.2, 0.25) is 0 Å².